The highest BCUT2D eigenvalue weighted by Gasteiger charge is 2.33. The van der Waals surface area contributed by atoms with Crippen molar-refractivity contribution in [3.63, 3.8) is 0 Å². The van der Waals surface area contributed by atoms with E-state index in [9.17, 15) is 4.79 Å². The van der Waals surface area contributed by atoms with Crippen molar-refractivity contribution in [1.82, 2.24) is 0 Å². The molecule has 0 aliphatic heterocycles. The summed E-state index contributed by atoms with van der Waals surface area (Å²) in [6, 6.07) is 0. The van der Waals surface area contributed by atoms with E-state index in [1.807, 2.05) is 0 Å². The summed E-state index contributed by atoms with van der Waals surface area (Å²) in [5.41, 5.74) is 1.58. The molecule has 0 aliphatic rings. The van der Waals surface area contributed by atoms with Gasteiger partial charge in [-0.25, -0.2) is 0 Å². The fourth-order valence-corrected chi connectivity index (χ4v) is 1.62. The minimum atomic E-state index is -2.43. The van der Waals surface area contributed by atoms with E-state index in [4.69, 9.17) is 13.3 Å². The average Bonchev–Trinajstić information content (AvgIpc) is 2.23. The molecular weight excluding hydrogens is 216 g/mol. The minimum absolute atomic E-state index is 0.329. The highest BCUT2D eigenvalue weighted by molar-refractivity contribution is 6.66. The smallest absolute Gasteiger partial charge is 0.435 e. The van der Waals surface area contributed by atoms with Crippen molar-refractivity contribution in [3.05, 3.63) is 25.1 Å². The number of carbonyl (C=O) groups excluding carboxylic acids is 1. The third-order valence-electron chi connectivity index (χ3n) is 1.35. The molecule has 6 heteroatoms. The molecule has 0 amide bonds. The van der Waals surface area contributed by atoms with Gasteiger partial charge in [0.05, 0.1) is 6.26 Å². The van der Waals surface area contributed by atoms with Gasteiger partial charge in [-0.2, -0.15) is 0 Å². The van der Waals surface area contributed by atoms with Crippen LogP contribution in [-0.4, -0.2) is 36.1 Å². The molecule has 0 saturated heterocycles. The molecule has 0 aromatic rings. The molecule has 0 aliphatic carbocycles. The predicted octanol–water partition coefficient (Wildman–Crippen LogP) is 1.28. The van der Waals surface area contributed by atoms with Crippen molar-refractivity contribution in [1.29, 1.82) is 0 Å². The molecule has 0 atom stereocenters. The molecule has 0 radical (unpaired) electrons. The number of rotatable bonds is 5. The molecule has 0 N–H and O–H groups in total. The van der Waals surface area contributed by atoms with Crippen LogP contribution in [0, 0.1) is 0 Å². The van der Waals surface area contributed by atoms with Gasteiger partial charge in [-0.15, -0.1) is 0 Å². The first-order chi connectivity index (χ1) is 7.01. The number of hydrogen-bond acceptors (Lipinski definition) is 5. The van der Waals surface area contributed by atoms with Crippen LogP contribution in [0.25, 0.3) is 0 Å². The number of carbonyl (C=O) groups is 1. The normalized spacial score (nSPS) is 9.60. The van der Waals surface area contributed by atoms with Crippen LogP contribution in [0.4, 0.5) is 0 Å². The van der Waals surface area contributed by atoms with Gasteiger partial charge in [0.1, 0.15) is 0 Å². The first kappa shape index (κ1) is 16.5. The van der Waals surface area contributed by atoms with E-state index in [0.717, 1.165) is 6.26 Å². The highest BCUT2D eigenvalue weighted by atomic mass is 28.4. The van der Waals surface area contributed by atoms with Crippen LogP contribution in [0.15, 0.2) is 25.1 Å². The molecule has 5 nitrogen and oxygen atoms in total. The first-order valence-corrected chi connectivity index (χ1v) is 5.89. The van der Waals surface area contributed by atoms with Gasteiger partial charge in [0, 0.05) is 28.3 Å². The van der Waals surface area contributed by atoms with Crippen LogP contribution in [0.2, 0.25) is 0 Å². The summed E-state index contributed by atoms with van der Waals surface area (Å²) in [4.78, 5) is 9.75. The Hall–Kier alpha value is -0.953. The van der Waals surface area contributed by atoms with Crippen molar-refractivity contribution in [2.24, 2.45) is 0 Å². The van der Waals surface area contributed by atoms with Gasteiger partial charge in [0.15, 0.2) is 0 Å². The zero-order chi connectivity index (χ0) is 12.3. The Bertz CT molecular complexity index is 192. The molecule has 88 valence electrons. The van der Waals surface area contributed by atoms with E-state index in [2.05, 4.69) is 17.9 Å². The van der Waals surface area contributed by atoms with E-state index in [0.29, 0.717) is 0 Å². The number of hydrogen-bond donors (Lipinski definition) is 0. The topological polar surface area (TPSA) is 54.0 Å². The Labute approximate surface area is 91.7 Å². The van der Waals surface area contributed by atoms with Crippen LogP contribution in [0.1, 0.15) is 6.92 Å². The monoisotopic (exact) mass is 234 g/mol. The maximum absolute atomic E-state index is 9.75. The van der Waals surface area contributed by atoms with Gasteiger partial charge in [0.25, 0.3) is 0 Å². The van der Waals surface area contributed by atoms with Crippen molar-refractivity contribution in [3.8, 4) is 0 Å². The fourth-order valence-electron chi connectivity index (χ4n) is 0.617. The highest BCUT2D eigenvalue weighted by Crippen LogP contribution is 2.04. The molecule has 0 aromatic carbocycles. The number of esters is 1. The Morgan fingerprint density at radius 3 is 1.53 bits per heavy atom. The Kier molecular flexibility index (Phi) is 10.5. The molecule has 0 aromatic heterocycles. The molecule has 0 bridgehead atoms. The summed E-state index contributed by atoms with van der Waals surface area (Å²) >= 11 is 0. The van der Waals surface area contributed by atoms with Gasteiger partial charge >= 0.3 is 14.8 Å². The summed E-state index contributed by atoms with van der Waals surface area (Å²) < 4.78 is 19.1. The second kappa shape index (κ2) is 9.60. The van der Waals surface area contributed by atoms with Crippen molar-refractivity contribution >= 4 is 14.8 Å². The largest absolute Gasteiger partial charge is 0.528 e. The van der Waals surface area contributed by atoms with Crippen LogP contribution in [0.5, 0.6) is 0 Å². The third kappa shape index (κ3) is 8.07. The third-order valence-corrected chi connectivity index (χ3v) is 3.56. The van der Waals surface area contributed by atoms with E-state index >= 15 is 0 Å². The quantitative estimate of drug-likeness (QED) is 0.407. The molecule has 0 spiro atoms. The summed E-state index contributed by atoms with van der Waals surface area (Å²) in [6.07, 6.45) is 1.10. The predicted molar refractivity (Wildman–Crippen MR) is 58.9 cm³/mol. The van der Waals surface area contributed by atoms with Crippen LogP contribution < -0.4 is 0 Å². The Balaban J connectivity index is 0. The van der Waals surface area contributed by atoms with E-state index in [1.165, 1.54) is 6.92 Å². The van der Waals surface area contributed by atoms with E-state index < -0.39 is 8.80 Å². The van der Waals surface area contributed by atoms with Crippen molar-refractivity contribution in [2.45, 2.75) is 6.92 Å². The lowest BCUT2D eigenvalue weighted by atomic mass is 10.8. The maximum Gasteiger partial charge on any atom is 0.528 e. The number of ether oxygens (including phenoxy) is 1. The lowest BCUT2D eigenvalue weighted by Gasteiger charge is -2.19. The van der Waals surface area contributed by atoms with E-state index in [1.54, 1.807) is 27.0 Å². The SMILES string of the molecule is C=COC(C)=O.C=C[Si](OC)(OC)OC. The molecule has 0 fully saturated rings. The minimum Gasteiger partial charge on any atom is -0.435 e. The first-order valence-electron chi connectivity index (χ1n) is 4.09. The molecule has 0 rings (SSSR count). The Morgan fingerprint density at radius 2 is 1.53 bits per heavy atom. The molecule has 0 unspecified atom stereocenters. The molecule has 0 saturated carbocycles. The van der Waals surface area contributed by atoms with Crippen molar-refractivity contribution < 1.29 is 22.8 Å². The van der Waals surface area contributed by atoms with Gasteiger partial charge in [-0.3, -0.25) is 4.79 Å². The van der Waals surface area contributed by atoms with Gasteiger partial charge in [-0.05, 0) is 5.70 Å². The molecule has 15 heavy (non-hydrogen) atoms. The summed E-state index contributed by atoms with van der Waals surface area (Å²) in [5.74, 6) is -0.329. The van der Waals surface area contributed by atoms with Gasteiger partial charge < -0.3 is 18.0 Å². The average molecular weight is 234 g/mol. The van der Waals surface area contributed by atoms with E-state index in [-0.39, 0.29) is 5.97 Å². The maximum atomic E-state index is 9.75. The fraction of sp³-hybridized carbons (Fsp3) is 0.444. The van der Waals surface area contributed by atoms with Crippen molar-refractivity contribution in [2.75, 3.05) is 21.3 Å². The standard InChI is InChI=1S/C5H12O3Si.C4H6O2/c1-5-9(6-2,7-3)8-4;1-3-6-4(2)5/h5H,1H2,2-4H3;3H,1H2,2H3. The lowest BCUT2D eigenvalue weighted by molar-refractivity contribution is -0.135. The second-order valence-electron chi connectivity index (χ2n) is 2.20. The summed E-state index contributed by atoms with van der Waals surface area (Å²) in [6.45, 7) is 8.01. The lowest BCUT2D eigenvalue weighted by Crippen LogP contribution is -2.40. The van der Waals surface area contributed by atoms with Crippen LogP contribution >= 0.6 is 0 Å². The second-order valence-corrected chi connectivity index (χ2v) is 5.04. The van der Waals surface area contributed by atoms with Gasteiger partial charge in [-0.1, -0.05) is 13.2 Å². The van der Waals surface area contributed by atoms with Crippen LogP contribution in [-0.2, 0) is 22.8 Å². The summed E-state index contributed by atoms with van der Waals surface area (Å²) in [5, 5.41) is 0. The zero-order valence-electron chi connectivity index (χ0n) is 9.61. The zero-order valence-corrected chi connectivity index (χ0v) is 10.6. The van der Waals surface area contributed by atoms with Gasteiger partial charge in [0.2, 0.25) is 0 Å². The molecule has 0 heterocycles. The Morgan fingerprint density at radius 1 is 1.13 bits per heavy atom. The molecular formula is C9H18O5Si. The summed E-state index contributed by atoms with van der Waals surface area (Å²) in [7, 11) is 2.20. The van der Waals surface area contributed by atoms with Crippen LogP contribution in [0.3, 0.4) is 0 Å².